The SMILES string of the molecule is Cn1nc(C(=O)OCc2ccccc2)cc1Cl. The Morgan fingerprint density at radius 1 is 1.41 bits per heavy atom. The van der Waals surface area contributed by atoms with E-state index in [1.165, 1.54) is 10.7 Å². The Morgan fingerprint density at radius 2 is 2.12 bits per heavy atom. The van der Waals surface area contributed by atoms with E-state index >= 15 is 0 Å². The lowest BCUT2D eigenvalue weighted by atomic mass is 10.2. The van der Waals surface area contributed by atoms with Crippen molar-refractivity contribution in [3.63, 3.8) is 0 Å². The number of hydrogen-bond donors (Lipinski definition) is 0. The minimum Gasteiger partial charge on any atom is -0.456 e. The van der Waals surface area contributed by atoms with Crippen LogP contribution in [0.3, 0.4) is 0 Å². The smallest absolute Gasteiger partial charge is 0.359 e. The molecule has 1 heterocycles. The Balaban J connectivity index is 1.98. The first-order chi connectivity index (χ1) is 8.16. The van der Waals surface area contributed by atoms with Crippen molar-refractivity contribution < 1.29 is 9.53 Å². The summed E-state index contributed by atoms with van der Waals surface area (Å²) in [6, 6.07) is 10.9. The molecule has 0 N–H and O–H groups in total. The van der Waals surface area contributed by atoms with Crippen LogP contribution in [-0.2, 0) is 18.4 Å². The zero-order valence-corrected chi connectivity index (χ0v) is 10.0. The molecule has 0 atom stereocenters. The predicted octanol–water partition coefficient (Wildman–Crippen LogP) is 2.43. The molecule has 0 radical (unpaired) electrons. The third-order valence-electron chi connectivity index (χ3n) is 2.24. The number of carbonyl (C=O) groups is 1. The Labute approximate surface area is 104 Å². The zero-order chi connectivity index (χ0) is 12.3. The third kappa shape index (κ3) is 2.85. The van der Waals surface area contributed by atoms with Gasteiger partial charge in [-0.3, -0.25) is 4.68 Å². The van der Waals surface area contributed by atoms with E-state index in [0.29, 0.717) is 5.15 Å². The fourth-order valence-corrected chi connectivity index (χ4v) is 1.48. The van der Waals surface area contributed by atoms with Crippen molar-refractivity contribution in [3.05, 3.63) is 52.8 Å². The van der Waals surface area contributed by atoms with E-state index in [4.69, 9.17) is 16.3 Å². The summed E-state index contributed by atoms with van der Waals surface area (Å²) in [6.45, 7) is 0.230. The normalized spacial score (nSPS) is 10.2. The van der Waals surface area contributed by atoms with E-state index in [1.54, 1.807) is 7.05 Å². The average Bonchev–Trinajstić information content (AvgIpc) is 2.68. The van der Waals surface area contributed by atoms with Crippen molar-refractivity contribution in [2.75, 3.05) is 0 Å². The van der Waals surface area contributed by atoms with Gasteiger partial charge in [0.1, 0.15) is 11.8 Å². The molecular weight excluding hydrogens is 240 g/mol. The number of aromatic nitrogens is 2. The fourth-order valence-electron chi connectivity index (χ4n) is 1.34. The van der Waals surface area contributed by atoms with E-state index in [9.17, 15) is 4.79 Å². The van der Waals surface area contributed by atoms with Gasteiger partial charge in [0, 0.05) is 13.1 Å². The summed E-state index contributed by atoms with van der Waals surface area (Å²) in [5.74, 6) is -0.476. The van der Waals surface area contributed by atoms with Gasteiger partial charge in [-0.05, 0) is 5.56 Å². The molecule has 2 rings (SSSR count). The quantitative estimate of drug-likeness (QED) is 0.786. The summed E-state index contributed by atoms with van der Waals surface area (Å²) in [5.41, 5.74) is 1.15. The Morgan fingerprint density at radius 3 is 2.71 bits per heavy atom. The van der Waals surface area contributed by atoms with E-state index in [0.717, 1.165) is 5.56 Å². The molecular formula is C12H11ClN2O2. The topological polar surface area (TPSA) is 44.1 Å². The van der Waals surface area contributed by atoms with Crippen LogP contribution in [0.15, 0.2) is 36.4 Å². The highest BCUT2D eigenvalue weighted by molar-refractivity contribution is 6.29. The van der Waals surface area contributed by atoms with Gasteiger partial charge in [0.15, 0.2) is 5.69 Å². The van der Waals surface area contributed by atoms with E-state index in [1.807, 2.05) is 30.3 Å². The number of nitrogens with zero attached hydrogens (tertiary/aromatic N) is 2. The lowest BCUT2D eigenvalue weighted by Gasteiger charge is -2.02. The molecule has 5 heteroatoms. The number of esters is 1. The van der Waals surface area contributed by atoms with Crippen LogP contribution in [-0.4, -0.2) is 15.7 Å². The van der Waals surface area contributed by atoms with Crippen LogP contribution in [0.2, 0.25) is 5.15 Å². The summed E-state index contributed by atoms with van der Waals surface area (Å²) in [7, 11) is 1.66. The summed E-state index contributed by atoms with van der Waals surface area (Å²) in [4.78, 5) is 11.6. The highest BCUT2D eigenvalue weighted by Gasteiger charge is 2.13. The monoisotopic (exact) mass is 250 g/mol. The minimum atomic E-state index is -0.476. The number of carbonyl (C=O) groups excluding carboxylic acids is 1. The number of ether oxygens (including phenoxy) is 1. The first-order valence-electron chi connectivity index (χ1n) is 5.07. The van der Waals surface area contributed by atoms with Gasteiger partial charge in [-0.25, -0.2) is 4.79 Å². The molecule has 0 aliphatic carbocycles. The van der Waals surface area contributed by atoms with Gasteiger partial charge < -0.3 is 4.74 Å². The second-order valence-corrected chi connectivity index (χ2v) is 3.92. The molecule has 2 aromatic rings. The van der Waals surface area contributed by atoms with Crippen molar-refractivity contribution in [1.29, 1.82) is 0 Å². The largest absolute Gasteiger partial charge is 0.456 e. The first-order valence-corrected chi connectivity index (χ1v) is 5.45. The van der Waals surface area contributed by atoms with Gasteiger partial charge in [-0.1, -0.05) is 41.9 Å². The van der Waals surface area contributed by atoms with Crippen LogP contribution in [0, 0.1) is 0 Å². The number of benzene rings is 1. The second-order valence-electron chi connectivity index (χ2n) is 3.54. The molecule has 0 saturated carbocycles. The maximum atomic E-state index is 11.6. The number of aryl methyl sites for hydroxylation is 1. The molecule has 1 aromatic heterocycles. The van der Waals surface area contributed by atoms with Crippen molar-refractivity contribution in [3.8, 4) is 0 Å². The zero-order valence-electron chi connectivity index (χ0n) is 9.26. The lowest BCUT2D eigenvalue weighted by Crippen LogP contribution is -2.06. The van der Waals surface area contributed by atoms with Gasteiger partial charge >= 0.3 is 5.97 Å². The highest BCUT2D eigenvalue weighted by Crippen LogP contribution is 2.11. The van der Waals surface area contributed by atoms with Crippen LogP contribution < -0.4 is 0 Å². The van der Waals surface area contributed by atoms with Crippen LogP contribution in [0.4, 0.5) is 0 Å². The lowest BCUT2D eigenvalue weighted by molar-refractivity contribution is 0.0465. The number of halogens is 1. The van der Waals surface area contributed by atoms with Crippen molar-refractivity contribution in [2.24, 2.45) is 7.05 Å². The Hall–Kier alpha value is -1.81. The molecule has 1 aromatic carbocycles. The van der Waals surface area contributed by atoms with Crippen LogP contribution in [0.25, 0.3) is 0 Å². The molecule has 17 heavy (non-hydrogen) atoms. The standard InChI is InChI=1S/C12H11ClN2O2/c1-15-11(13)7-10(14-15)12(16)17-8-9-5-3-2-4-6-9/h2-7H,8H2,1H3. The average molecular weight is 251 g/mol. The predicted molar refractivity (Wildman–Crippen MR) is 63.8 cm³/mol. The Kier molecular flexibility index (Phi) is 3.44. The first kappa shape index (κ1) is 11.7. The summed E-state index contributed by atoms with van der Waals surface area (Å²) >= 11 is 5.78. The van der Waals surface area contributed by atoms with Gasteiger partial charge in [-0.15, -0.1) is 0 Å². The van der Waals surface area contributed by atoms with Crippen LogP contribution in [0.5, 0.6) is 0 Å². The van der Waals surface area contributed by atoms with Gasteiger partial charge in [0.2, 0.25) is 0 Å². The second kappa shape index (κ2) is 5.01. The molecule has 0 amide bonds. The maximum absolute atomic E-state index is 11.6. The fraction of sp³-hybridized carbons (Fsp3) is 0.167. The van der Waals surface area contributed by atoms with Crippen molar-refractivity contribution >= 4 is 17.6 Å². The van der Waals surface area contributed by atoms with Crippen LogP contribution >= 0.6 is 11.6 Å². The summed E-state index contributed by atoms with van der Waals surface area (Å²) in [6.07, 6.45) is 0. The van der Waals surface area contributed by atoms with E-state index < -0.39 is 5.97 Å². The highest BCUT2D eigenvalue weighted by atomic mass is 35.5. The minimum absolute atomic E-state index is 0.216. The van der Waals surface area contributed by atoms with Crippen molar-refractivity contribution in [1.82, 2.24) is 9.78 Å². The van der Waals surface area contributed by atoms with E-state index in [2.05, 4.69) is 5.10 Å². The molecule has 0 fully saturated rings. The number of rotatable bonds is 3. The molecule has 0 bridgehead atoms. The molecule has 0 spiro atoms. The summed E-state index contributed by atoms with van der Waals surface area (Å²) < 4.78 is 6.53. The maximum Gasteiger partial charge on any atom is 0.359 e. The van der Waals surface area contributed by atoms with Gasteiger partial charge in [-0.2, -0.15) is 5.10 Å². The number of hydrogen-bond acceptors (Lipinski definition) is 3. The molecule has 4 nitrogen and oxygen atoms in total. The van der Waals surface area contributed by atoms with E-state index in [-0.39, 0.29) is 12.3 Å². The molecule has 0 unspecified atom stereocenters. The van der Waals surface area contributed by atoms with Crippen LogP contribution in [0.1, 0.15) is 16.1 Å². The molecule has 88 valence electrons. The van der Waals surface area contributed by atoms with Crippen molar-refractivity contribution in [2.45, 2.75) is 6.61 Å². The summed E-state index contributed by atoms with van der Waals surface area (Å²) in [5, 5.41) is 4.33. The molecule has 0 saturated heterocycles. The van der Waals surface area contributed by atoms with Gasteiger partial charge in [0.25, 0.3) is 0 Å². The Bertz CT molecular complexity index is 503. The molecule has 0 aliphatic heterocycles. The van der Waals surface area contributed by atoms with Gasteiger partial charge in [0.05, 0.1) is 0 Å². The molecule has 0 aliphatic rings. The third-order valence-corrected chi connectivity index (χ3v) is 2.60.